The molecule has 0 aliphatic carbocycles. The Balaban J connectivity index is 3.14. The predicted molar refractivity (Wildman–Crippen MR) is 66.6 cm³/mol. The molecule has 4 nitrogen and oxygen atoms in total. The molecule has 0 saturated carbocycles. The summed E-state index contributed by atoms with van der Waals surface area (Å²) in [5, 5.41) is 0. The summed E-state index contributed by atoms with van der Waals surface area (Å²) in [6, 6.07) is 1.54. The van der Waals surface area contributed by atoms with Crippen molar-refractivity contribution >= 4 is 26.0 Å². The van der Waals surface area contributed by atoms with E-state index in [2.05, 4.69) is 27.5 Å². The number of nitrogens with zero attached hydrogens (tertiary/aromatic N) is 2. The van der Waals surface area contributed by atoms with Gasteiger partial charge in [-0.25, -0.2) is 8.42 Å². The summed E-state index contributed by atoms with van der Waals surface area (Å²) in [4.78, 5) is 4.03. The SMILES string of the molecule is C=CCN(CC)S(=O)(=O)c1cncc(Br)c1. The van der Waals surface area contributed by atoms with Crippen LogP contribution in [-0.2, 0) is 10.0 Å². The Morgan fingerprint density at radius 3 is 2.75 bits per heavy atom. The summed E-state index contributed by atoms with van der Waals surface area (Å²) in [6.45, 7) is 6.03. The molecule has 16 heavy (non-hydrogen) atoms. The van der Waals surface area contributed by atoms with Gasteiger partial charge in [-0.15, -0.1) is 6.58 Å². The summed E-state index contributed by atoms with van der Waals surface area (Å²) in [5.74, 6) is 0. The van der Waals surface area contributed by atoms with Gasteiger partial charge in [0.1, 0.15) is 4.90 Å². The van der Waals surface area contributed by atoms with Gasteiger partial charge in [-0.2, -0.15) is 4.31 Å². The van der Waals surface area contributed by atoms with Crippen molar-refractivity contribution in [3.63, 3.8) is 0 Å². The molecule has 0 aromatic carbocycles. The van der Waals surface area contributed by atoms with E-state index in [1.807, 2.05) is 0 Å². The van der Waals surface area contributed by atoms with E-state index < -0.39 is 10.0 Å². The van der Waals surface area contributed by atoms with E-state index in [4.69, 9.17) is 0 Å². The second kappa shape index (κ2) is 5.56. The molecule has 0 bridgehead atoms. The average Bonchev–Trinajstić information content (AvgIpc) is 2.25. The monoisotopic (exact) mass is 304 g/mol. The third kappa shape index (κ3) is 2.90. The molecule has 1 aromatic rings. The van der Waals surface area contributed by atoms with Crippen molar-refractivity contribution in [2.24, 2.45) is 0 Å². The summed E-state index contributed by atoms with van der Waals surface area (Å²) in [7, 11) is -3.47. The van der Waals surface area contributed by atoms with E-state index in [1.54, 1.807) is 19.2 Å². The Labute approximate surface area is 104 Å². The fourth-order valence-electron chi connectivity index (χ4n) is 1.22. The second-order valence-electron chi connectivity index (χ2n) is 3.08. The van der Waals surface area contributed by atoms with Crippen molar-refractivity contribution in [1.29, 1.82) is 0 Å². The summed E-state index contributed by atoms with van der Waals surface area (Å²) >= 11 is 3.20. The summed E-state index contributed by atoms with van der Waals surface area (Å²) in [6.07, 6.45) is 4.45. The molecular formula is C10H13BrN2O2S. The van der Waals surface area contributed by atoms with Gasteiger partial charge in [0.15, 0.2) is 0 Å². The van der Waals surface area contributed by atoms with Crippen LogP contribution in [0.15, 0.2) is 40.5 Å². The average molecular weight is 305 g/mol. The third-order valence-corrected chi connectivity index (χ3v) is 4.34. The Kier molecular flexibility index (Phi) is 4.64. The molecule has 0 atom stereocenters. The lowest BCUT2D eigenvalue weighted by Crippen LogP contribution is -2.31. The molecule has 0 spiro atoms. The number of sulfonamides is 1. The first kappa shape index (κ1) is 13.3. The highest BCUT2D eigenvalue weighted by Crippen LogP contribution is 2.18. The highest BCUT2D eigenvalue weighted by Gasteiger charge is 2.22. The quantitative estimate of drug-likeness (QED) is 0.782. The molecule has 1 heterocycles. The molecule has 1 aromatic heterocycles. The minimum atomic E-state index is -3.47. The van der Waals surface area contributed by atoms with Crippen LogP contribution in [0.25, 0.3) is 0 Å². The first-order valence-electron chi connectivity index (χ1n) is 4.74. The van der Waals surface area contributed by atoms with Crippen LogP contribution in [0.1, 0.15) is 6.92 Å². The van der Waals surface area contributed by atoms with E-state index >= 15 is 0 Å². The van der Waals surface area contributed by atoms with E-state index in [-0.39, 0.29) is 4.90 Å². The van der Waals surface area contributed by atoms with Crippen molar-refractivity contribution in [3.05, 3.63) is 35.6 Å². The Bertz CT molecular complexity index is 473. The molecule has 0 N–H and O–H groups in total. The van der Waals surface area contributed by atoms with Gasteiger partial charge in [-0.1, -0.05) is 13.0 Å². The maximum Gasteiger partial charge on any atom is 0.244 e. The van der Waals surface area contributed by atoms with Crippen LogP contribution in [0.3, 0.4) is 0 Å². The van der Waals surface area contributed by atoms with Gasteiger partial charge >= 0.3 is 0 Å². The van der Waals surface area contributed by atoms with Gasteiger partial charge in [0.2, 0.25) is 10.0 Å². The van der Waals surface area contributed by atoms with E-state index in [0.717, 1.165) is 0 Å². The lowest BCUT2D eigenvalue weighted by atomic mass is 10.5. The number of hydrogen-bond acceptors (Lipinski definition) is 3. The van der Waals surface area contributed by atoms with Crippen molar-refractivity contribution in [3.8, 4) is 0 Å². The van der Waals surface area contributed by atoms with Crippen molar-refractivity contribution in [1.82, 2.24) is 9.29 Å². The van der Waals surface area contributed by atoms with Crippen LogP contribution in [0.2, 0.25) is 0 Å². The molecule has 0 aliphatic heterocycles. The minimum absolute atomic E-state index is 0.186. The van der Waals surface area contributed by atoms with E-state index in [1.165, 1.54) is 16.6 Å². The van der Waals surface area contributed by atoms with Crippen LogP contribution in [0.5, 0.6) is 0 Å². The van der Waals surface area contributed by atoms with Crippen LogP contribution >= 0.6 is 15.9 Å². The standard InChI is InChI=1S/C10H13BrN2O2S/c1-3-5-13(4-2)16(14,15)10-6-9(11)7-12-8-10/h3,6-8H,1,4-5H2,2H3. The molecule has 0 saturated heterocycles. The van der Waals surface area contributed by atoms with E-state index in [9.17, 15) is 8.42 Å². The molecule has 1 rings (SSSR count). The minimum Gasteiger partial charge on any atom is -0.262 e. The fourth-order valence-corrected chi connectivity index (χ4v) is 3.15. The second-order valence-corrected chi connectivity index (χ2v) is 5.94. The maximum absolute atomic E-state index is 12.1. The third-order valence-electron chi connectivity index (χ3n) is 2.00. The highest BCUT2D eigenvalue weighted by molar-refractivity contribution is 9.10. The molecule has 88 valence electrons. The Morgan fingerprint density at radius 1 is 1.56 bits per heavy atom. The normalized spacial score (nSPS) is 11.7. The van der Waals surface area contributed by atoms with Crippen molar-refractivity contribution in [2.75, 3.05) is 13.1 Å². The zero-order valence-corrected chi connectivity index (χ0v) is 11.3. The first-order valence-corrected chi connectivity index (χ1v) is 6.97. The Morgan fingerprint density at radius 2 is 2.25 bits per heavy atom. The van der Waals surface area contributed by atoms with Crippen molar-refractivity contribution < 1.29 is 8.42 Å². The highest BCUT2D eigenvalue weighted by atomic mass is 79.9. The largest absolute Gasteiger partial charge is 0.262 e. The molecular weight excluding hydrogens is 292 g/mol. The van der Waals surface area contributed by atoms with Gasteiger partial charge < -0.3 is 0 Å². The number of halogens is 1. The van der Waals surface area contributed by atoms with Gasteiger partial charge in [-0.3, -0.25) is 4.98 Å². The number of aromatic nitrogens is 1. The van der Waals surface area contributed by atoms with Crippen molar-refractivity contribution in [2.45, 2.75) is 11.8 Å². The first-order chi connectivity index (χ1) is 7.52. The zero-order valence-electron chi connectivity index (χ0n) is 8.93. The molecule has 0 fully saturated rings. The van der Waals surface area contributed by atoms with Crippen LogP contribution in [0, 0.1) is 0 Å². The summed E-state index contributed by atoms with van der Waals surface area (Å²) < 4.78 is 26.2. The van der Waals surface area contributed by atoms with E-state index in [0.29, 0.717) is 17.6 Å². The van der Waals surface area contributed by atoms with Crippen LogP contribution < -0.4 is 0 Å². The van der Waals surface area contributed by atoms with Gasteiger partial charge in [0.25, 0.3) is 0 Å². The van der Waals surface area contributed by atoms with Gasteiger partial charge in [0.05, 0.1) is 0 Å². The number of pyridine rings is 1. The fraction of sp³-hybridized carbons (Fsp3) is 0.300. The molecule has 0 radical (unpaired) electrons. The lowest BCUT2D eigenvalue weighted by Gasteiger charge is -2.18. The Hall–Kier alpha value is -0.720. The van der Waals surface area contributed by atoms with Gasteiger partial charge in [0, 0.05) is 30.0 Å². The zero-order chi connectivity index (χ0) is 12.2. The number of hydrogen-bond donors (Lipinski definition) is 0. The lowest BCUT2D eigenvalue weighted by molar-refractivity contribution is 0.459. The smallest absolute Gasteiger partial charge is 0.244 e. The van der Waals surface area contributed by atoms with Crippen LogP contribution in [0.4, 0.5) is 0 Å². The molecule has 0 amide bonds. The molecule has 0 aliphatic rings. The predicted octanol–water partition coefficient (Wildman–Crippen LogP) is 2.04. The summed E-state index contributed by atoms with van der Waals surface area (Å²) in [5.41, 5.74) is 0. The molecule has 0 unspecified atom stereocenters. The molecule has 6 heteroatoms. The number of likely N-dealkylation sites (N-methyl/N-ethyl adjacent to an activating group) is 1. The maximum atomic E-state index is 12.1. The van der Waals surface area contributed by atoms with Gasteiger partial charge in [-0.05, 0) is 22.0 Å². The number of rotatable bonds is 5. The van der Waals surface area contributed by atoms with Crippen LogP contribution in [-0.4, -0.2) is 30.8 Å². The topological polar surface area (TPSA) is 50.3 Å².